The Morgan fingerprint density at radius 3 is 0.828 bits per heavy atom. The average Bonchev–Trinajstić information content (AvgIpc) is 1.10. The molecule has 0 amide bonds. The van der Waals surface area contributed by atoms with Gasteiger partial charge >= 0.3 is 0 Å². The number of rotatable bonds is 5. The lowest BCUT2D eigenvalue weighted by atomic mass is 10.0. The van der Waals surface area contributed by atoms with Crippen molar-refractivity contribution >= 4 is 88.2 Å². The Kier molecular flexibility index (Phi) is 39.8. The van der Waals surface area contributed by atoms with Crippen LogP contribution in [-0.4, -0.2) is 69.4 Å². The summed E-state index contributed by atoms with van der Waals surface area (Å²) in [5.74, 6) is 1.74. The maximum absolute atomic E-state index is 5.26. The van der Waals surface area contributed by atoms with E-state index in [4.69, 9.17) is 24.4 Å². The number of hydrogen-bond acceptors (Lipinski definition) is 14. The third-order valence-electron chi connectivity index (χ3n) is 17.1. The summed E-state index contributed by atoms with van der Waals surface area (Å²) < 4.78 is 7.43. The van der Waals surface area contributed by atoms with Crippen LogP contribution in [0.4, 0.5) is 0 Å². The van der Waals surface area contributed by atoms with E-state index in [1.54, 1.807) is 37.2 Å². The van der Waals surface area contributed by atoms with E-state index in [1.165, 1.54) is 5.39 Å². The molecule has 0 unspecified atom stereocenters. The lowest BCUT2D eigenvalue weighted by Crippen LogP contribution is -1.95. The van der Waals surface area contributed by atoms with Gasteiger partial charge < -0.3 is 4.42 Å². The van der Waals surface area contributed by atoms with Gasteiger partial charge in [0.15, 0.2) is 17.1 Å². The van der Waals surface area contributed by atoms with Crippen molar-refractivity contribution in [2.24, 2.45) is 0 Å². The standard InChI is InChI=1S/2C20H14N2.C14H12N2.C9H7N.3C8H6N2.C8H7NO.6C2H6/c2*1-3-9-15(10-4-1)19-20(16-11-5-2-6-12-16)22-18-14-8-7-13-17(18)21-19;1-11-15-13-9-5-6-10-14(13)16(11)12-7-3-2-4-8-12;1-2-6-9-8(4-1)5-3-7-10-9;1-3-7-4-2-6-10-8(7)9-5-1;2*1-2-4-8-7(3-1)9-5-6-10-8;1-6-9-7-4-2-3-5-8(7)10-6;6*1-2/h2*1-14H;2-10H,1H3;1-7H;3*1-6H;2-5H,1H3;6*1-2H3. The van der Waals surface area contributed by atoms with E-state index < -0.39 is 0 Å². The second-order valence-electron chi connectivity index (χ2n) is 24.6. The molecule has 0 bridgehead atoms. The van der Waals surface area contributed by atoms with Crippen LogP contribution < -0.4 is 0 Å². The third-order valence-corrected chi connectivity index (χ3v) is 17.1. The molecule has 15 heteroatoms. The summed E-state index contributed by atoms with van der Waals surface area (Å²) in [6, 6.07) is 119. The number of nitrogens with zero attached hydrogens (tertiary/aromatic N) is 14. The maximum Gasteiger partial charge on any atom is 0.192 e. The molecule has 21 aromatic rings. The molecule has 0 aliphatic rings. The fourth-order valence-electron chi connectivity index (χ4n) is 12.0. The van der Waals surface area contributed by atoms with Gasteiger partial charge in [-0.05, 0) is 128 Å². The van der Waals surface area contributed by atoms with E-state index in [2.05, 4.69) is 128 Å². The van der Waals surface area contributed by atoms with E-state index in [9.17, 15) is 0 Å². The molecule has 9 heterocycles. The zero-order chi connectivity index (χ0) is 86.7. The summed E-state index contributed by atoms with van der Waals surface area (Å²) in [7, 11) is 0. The molecular formula is C107H108N14O. The number of aryl methyl sites for hydroxylation is 2. The first kappa shape index (κ1) is 92.4. The van der Waals surface area contributed by atoms with Crippen LogP contribution in [0.25, 0.3) is 139 Å². The molecule has 0 radical (unpaired) electrons. The molecule has 15 nitrogen and oxygen atoms in total. The van der Waals surface area contributed by atoms with Gasteiger partial charge in [0.2, 0.25) is 0 Å². The second-order valence-corrected chi connectivity index (χ2v) is 24.6. The number of fused-ring (bicyclic) bond motifs is 8. The van der Waals surface area contributed by atoms with Crippen molar-refractivity contribution in [3.05, 3.63) is 413 Å². The van der Waals surface area contributed by atoms with Crippen molar-refractivity contribution in [3.8, 4) is 50.7 Å². The minimum atomic E-state index is 0.723. The van der Waals surface area contributed by atoms with Crippen LogP contribution in [0.5, 0.6) is 0 Å². The number of hydrogen-bond donors (Lipinski definition) is 0. The predicted octanol–water partition coefficient (Wildman–Crippen LogP) is 28.7. The van der Waals surface area contributed by atoms with Gasteiger partial charge in [0.25, 0.3) is 0 Å². The first-order valence-electron chi connectivity index (χ1n) is 41.8. The Morgan fingerprint density at radius 2 is 0.475 bits per heavy atom. The smallest absolute Gasteiger partial charge is 0.192 e. The van der Waals surface area contributed by atoms with Crippen molar-refractivity contribution < 1.29 is 4.42 Å². The van der Waals surface area contributed by atoms with Crippen molar-refractivity contribution in [3.63, 3.8) is 0 Å². The molecule has 0 N–H and O–H groups in total. The highest BCUT2D eigenvalue weighted by Crippen LogP contribution is 2.33. The van der Waals surface area contributed by atoms with E-state index in [0.717, 1.165) is 145 Å². The van der Waals surface area contributed by atoms with Gasteiger partial charge in [-0.2, -0.15) is 0 Å². The normalized spacial score (nSPS) is 9.72. The number of benzene rings is 12. The highest BCUT2D eigenvalue weighted by molar-refractivity contribution is 5.88. The fraction of sp³-hybridized carbons (Fsp3) is 0.131. The maximum atomic E-state index is 5.26. The molecule has 0 atom stereocenters. The molecule has 0 spiro atoms. The van der Waals surface area contributed by atoms with Crippen LogP contribution in [0.3, 0.4) is 0 Å². The minimum Gasteiger partial charge on any atom is -0.441 e. The SMILES string of the molecule is CC.CC.CC.CC.CC.CC.Cc1nc2ccccc2n1-c1ccccc1.Cc1nc2ccccc2o1.c1ccc(-c2nc3ccccc3nc2-c2ccccc2)cc1.c1ccc(-c2nc3ccccc3nc2-c2ccccc2)cc1.c1ccc2ncccc2c1.c1ccc2nccnc2c1.c1ccc2nccnc2c1.c1cnc2ncccc2c1. The molecule has 0 saturated heterocycles. The summed E-state index contributed by atoms with van der Waals surface area (Å²) in [6.07, 6.45) is 12.1. The molecule has 12 aromatic carbocycles. The van der Waals surface area contributed by atoms with E-state index in [1.807, 2.05) is 382 Å². The summed E-state index contributed by atoms with van der Waals surface area (Å²) >= 11 is 0. The summed E-state index contributed by atoms with van der Waals surface area (Å²) in [5.41, 5.74) is 22.5. The molecular weight excluding hydrogens is 1500 g/mol. The van der Waals surface area contributed by atoms with Crippen LogP contribution in [0.2, 0.25) is 0 Å². The molecule has 612 valence electrons. The zero-order valence-electron chi connectivity index (χ0n) is 72.3. The average molecular weight is 1610 g/mol. The van der Waals surface area contributed by atoms with Gasteiger partial charge in [0.1, 0.15) is 11.3 Å². The number of para-hydroxylation sites is 14. The molecule has 122 heavy (non-hydrogen) atoms. The Morgan fingerprint density at radius 1 is 0.205 bits per heavy atom. The first-order chi connectivity index (χ1) is 60.4. The number of pyridine rings is 3. The minimum absolute atomic E-state index is 0.723. The first-order valence-corrected chi connectivity index (χ1v) is 41.8. The third kappa shape index (κ3) is 27.0. The summed E-state index contributed by atoms with van der Waals surface area (Å²) in [5, 5.41) is 2.29. The monoisotopic (exact) mass is 1600 g/mol. The zero-order valence-corrected chi connectivity index (χ0v) is 72.3. The molecule has 9 aromatic heterocycles. The number of imidazole rings is 1. The summed E-state index contributed by atoms with van der Waals surface area (Å²) in [4.78, 5) is 56.9. The van der Waals surface area contributed by atoms with Crippen LogP contribution in [0.15, 0.2) is 406 Å². The van der Waals surface area contributed by atoms with Crippen molar-refractivity contribution in [1.29, 1.82) is 0 Å². The predicted molar refractivity (Wildman–Crippen MR) is 514 cm³/mol. The quantitative estimate of drug-likeness (QED) is 0.158. The Balaban J connectivity index is 0.000000174. The van der Waals surface area contributed by atoms with E-state index in [0.29, 0.717) is 0 Å². The van der Waals surface area contributed by atoms with Gasteiger partial charge in [-0.1, -0.05) is 320 Å². The van der Waals surface area contributed by atoms with Gasteiger partial charge in [-0.3, -0.25) is 29.5 Å². The van der Waals surface area contributed by atoms with Crippen LogP contribution >= 0.6 is 0 Å². The lowest BCUT2D eigenvalue weighted by Gasteiger charge is -2.10. The van der Waals surface area contributed by atoms with Gasteiger partial charge in [0.05, 0.1) is 83.5 Å². The number of oxazole rings is 1. The molecule has 0 aliphatic carbocycles. The molecule has 0 saturated carbocycles. The largest absolute Gasteiger partial charge is 0.441 e. The molecule has 0 aliphatic heterocycles. The summed E-state index contributed by atoms with van der Waals surface area (Å²) in [6.45, 7) is 27.9. The second kappa shape index (κ2) is 52.6. The van der Waals surface area contributed by atoms with Gasteiger partial charge in [0, 0.05) is 89.0 Å². The highest BCUT2D eigenvalue weighted by Gasteiger charge is 2.15. The lowest BCUT2D eigenvalue weighted by molar-refractivity contribution is 0.561. The van der Waals surface area contributed by atoms with Gasteiger partial charge in [-0.15, -0.1) is 0 Å². The van der Waals surface area contributed by atoms with Crippen LogP contribution in [-0.2, 0) is 0 Å². The van der Waals surface area contributed by atoms with Crippen molar-refractivity contribution in [2.75, 3.05) is 0 Å². The Hall–Kier alpha value is -15.1. The van der Waals surface area contributed by atoms with Crippen LogP contribution in [0.1, 0.15) is 94.8 Å². The van der Waals surface area contributed by atoms with Gasteiger partial charge in [-0.25, -0.2) is 39.9 Å². The fourth-order valence-corrected chi connectivity index (χ4v) is 12.0. The molecule has 0 fully saturated rings. The number of aromatic nitrogens is 14. The van der Waals surface area contributed by atoms with Crippen molar-refractivity contribution in [1.82, 2.24) is 69.4 Å². The molecule has 21 rings (SSSR count). The Bertz CT molecular complexity index is 5580. The van der Waals surface area contributed by atoms with Crippen molar-refractivity contribution in [2.45, 2.75) is 96.9 Å². The highest BCUT2D eigenvalue weighted by atomic mass is 16.3. The Labute approximate surface area is 718 Å². The van der Waals surface area contributed by atoms with E-state index in [-0.39, 0.29) is 0 Å². The van der Waals surface area contributed by atoms with E-state index >= 15 is 0 Å². The topological polar surface area (TPSA) is 186 Å². The van der Waals surface area contributed by atoms with Crippen LogP contribution in [0, 0.1) is 13.8 Å².